The normalized spacial score (nSPS) is 17.3. The summed E-state index contributed by atoms with van der Waals surface area (Å²) in [4.78, 5) is 0. The molecule has 0 radical (unpaired) electrons. The smallest absolute Gasteiger partial charge is 0.00546 e. The molecule has 2 aliphatic carbocycles. The minimum absolute atomic E-state index is 0.742. The van der Waals surface area contributed by atoms with Crippen LogP contribution in [0.2, 0.25) is 0 Å². The Bertz CT molecular complexity index is 681. The average Bonchev–Trinajstić information content (AvgIpc) is 3.16. The first-order valence-corrected chi connectivity index (χ1v) is 7.44. The van der Waals surface area contributed by atoms with Gasteiger partial charge in [-0.15, -0.1) is 0 Å². The van der Waals surface area contributed by atoms with Crippen LogP contribution < -0.4 is 0 Å². The summed E-state index contributed by atoms with van der Waals surface area (Å²) >= 11 is 0. The molecule has 0 nitrogen and oxygen atoms in total. The van der Waals surface area contributed by atoms with E-state index in [0.717, 1.165) is 12.3 Å². The summed E-state index contributed by atoms with van der Waals surface area (Å²) in [5, 5.41) is 0. The summed E-state index contributed by atoms with van der Waals surface area (Å²) in [5.41, 5.74) is 7.26. The minimum Gasteiger partial charge on any atom is -0.0879 e. The van der Waals surface area contributed by atoms with Crippen LogP contribution in [0.1, 0.15) is 24.0 Å². The van der Waals surface area contributed by atoms with E-state index in [2.05, 4.69) is 66.8 Å². The highest BCUT2D eigenvalue weighted by molar-refractivity contribution is 5.80. The van der Waals surface area contributed by atoms with Crippen molar-refractivity contribution in [2.45, 2.75) is 19.3 Å². The van der Waals surface area contributed by atoms with E-state index >= 15 is 0 Å². The molecule has 0 heteroatoms. The van der Waals surface area contributed by atoms with Gasteiger partial charge in [0.2, 0.25) is 0 Å². The van der Waals surface area contributed by atoms with Gasteiger partial charge in [-0.2, -0.15) is 0 Å². The Morgan fingerprint density at radius 2 is 1.60 bits per heavy atom. The van der Waals surface area contributed by atoms with E-state index in [1.807, 2.05) is 0 Å². The SMILES string of the molecule is C1=CCC(C2=Cc3c(cccc3-c3ccccc3)C2)C1. The van der Waals surface area contributed by atoms with Crippen molar-refractivity contribution in [2.24, 2.45) is 5.92 Å². The molecule has 98 valence electrons. The lowest BCUT2D eigenvalue weighted by atomic mass is 9.95. The molecule has 2 aromatic rings. The zero-order valence-corrected chi connectivity index (χ0v) is 11.5. The summed E-state index contributed by atoms with van der Waals surface area (Å²) in [6, 6.07) is 17.5. The molecule has 0 bridgehead atoms. The average molecular weight is 258 g/mol. The van der Waals surface area contributed by atoms with Crippen LogP contribution in [-0.2, 0) is 6.42 Å². The van der Waals surface area contributed by atoms with Crippen molar-refractivity contribution >= 4 is 6.08 Å². The second kappa shape index (κ2) is 4.79. The van der Waals surface area contributed by atoms with Crippen LogP contribution >= 0.6 is 0 Å². The van der Waals surface area contributed by atoms with Crippen LogP contribution in [0.3, 0.4) is 0 Å². The monoisotopic (exact) mass is 258 g/mol. The summed E-state index contributed by atoms with van der Waals surface area (Å²) in [6.45, 7) is 0. The molecular weight excluding hydrogens is 240 g/mol. The van der Waals surface area contributed by atoms with Crippen molar-refractivity contribution < 1.29 is 0 Å². The molecule has 0 spiro atoms. The highest BCUT2D eigenvalue weighted by Crippen LogP contribution is 2.39. The van der Waals surface area contributed by atoms with Gasteiger partial charge in [0, 0.05) is 0 Å². The molecule has 0 fully saturated rings. The second-order valence-electron chi connectivity index (χ2n) is 5.78. The molecule has 0 aliphatic heterocycles. The van der Waals surface area contributed by atoms with Crippen molar-refractivity contribution in [3.63, 3.8) is 0 Å². The predicted molar refractivity (Wildman–Crippen MR) is 85.4 cm³/mol. The summed E-state index contributed by atoms with van der Waals surface area (Å²) in [6.07, 6.45) is 10.7. The Morgan fingerprint density at radius 1 is 0.800 bits per heavy atom. The fourth-order valence-corrected chi connectivity index (χ4v) is 3.45. The minimum atomic E-state index is 0.742. The van der Waals surface area contributed by atoms with Crippen LogP contribution in [0.5, 0.6) is 0 Å². The van der Waals surface area contributed by atoms with Crippen molar-refractivity contribution in [1.29, 1.82) is 0 Å². The molecule has 2 aliphatic rings. The molecule has 0 unspecified atom stereocenters. The number of allylic oxidation sites excluding steroid dienone is 3. The van der Waals surface area contributed by atoms with E-state index in [0.29, 0.717) is 0 Å². The van der Waals surface area contributed by atoms with E-state index in [9.17, 15) is 0 Å². The van der Waals surface area contributed by atoms with E-state index in [4.69, 9.17) is 0 Å². The Morgan fingerprint density at radius 3 is 2.40 bits per heavy atom. The standard InChI is InChI=1S/C20H18/c1-2-9-16(10-3-1)19-12-6-11-17-13-18(14-20(17)19)15-7-4-5-8-15/h1-6,9-12,14-15H,7-8,13H2. The molecule has 2 aromatic carbocycles. The van der Waals surface area contributed by atoms with Gasteiger partial charge in [0.05, 0.1) is 0 Å². The molecule has 0 atom stereocenters. The first-order valence-electron chi connectivity index (χ1n) is 7.44. The van der Waals surface area contributed by atoms with Gasteiger partial charge in [-0.05, 0) is 47.4 Å². The third-order valence-corrected chi connectivity index (χ3v) is 4.54. The second-order valence-corrected chi connectivity index (χ2v) is 5.78. The maximum Gasteiger partial charge on any atom is -0.00546 e. The van der Waals surface area contributed by atoms with E-state index in [1.165, 1.54) is 35.1 Å². The van der Waals surface area contributed by atoms with Gasteiger partial charge in [0.1, 0.15) is 0 Å². The van der Waals surface area contributed by atoms with Crippen LogP contribution in [-0.4, -0.2) is 0 Å². The fourth-order valence-electron chi connectivity index (χ4n) is 3.45. The molecule has 0 heterocycles. The third-order valence-electron chi connectivity index (χ3n) is 4.54. The number of rotatable bonds is 2. The predicted octanol–water partition coefficient (Wildman–Crippen LogP) is 5.26. The van der Waals surface area contributed by atoms with Crippen LogP contribution in [0.15, 0.2) is 66.3 Å². The van der Waals surface area contributed by atoms with Gasteiger partial charge in [-0.25, -0.2) is 0 Å². The number of fused-ring (bicyclic) bond motifs is 1. The van der Waals surface area contributed by atoms with Crippen molar-refractivity contribution in [2.75, 3.05) is 0 Å². The van der Waals surface area contributed by atoms with Crippen LogP contribution in [0.25, 0.3) is 17.2 Å². The molecule has 4 rings (SSSR count). The quantitative estimate of drug-likeness (QED) is 0.645. The molecule has 20 heavy (non-hydrogen) atoms. The van der Waals surface area contributed by atoms with Gasteiger partial charge in [0.25, 0.3) is 0 Å². The molecule has 0 N–H and O–H groups in total. The number of benzene rings is 2. The van der Waals surface area contributed by atoms with E-state index in [1.54, 1.807) is 5.57 Å². The Hall–Kier alpha value is -2.08. The third kappa shape index (κ3) is 1.92. The van der Waals surface area contributed by atoms with Gasteiger partial charge in [-0.3, -0.25) is 0 Å². The molecule has 0 amide bonds. The summed E-state index contributed by atoms with van der Waals surface area (Å²) in [5.74, 6) is 0.742. The first-order chi connectivity index (χ1) is 9.92. The highest BCUT2D eigenvalue weighted by atomic mass is 14.3. The zero-order valence-electron chi connectivity index (χ0n) is 11.5. The highest BCUT2D eigenvalue weighted by Gasteiger charge is 2.22. The Labute approximate surface area is 120 Å². The van der Waals surface area contributed by atoms with E-state index in [-0.39, 0.29) is 0 Å². The van der Waals surface area contributed by atoms with Gasteiger partial charge in [-0.1, -0.05) is 72.3 Å². The lowest BCUT2D eigenvalue weighted by molar-refractivity contribution is 0.660. The largest absolute Gasteiger partial charge is 0.0879 e. The van der Waals surface area contributed by atoms with Crippen LogP contribution in [0, 0.1) is 5.92 Å². The number of hydrogen-bond acceptors (Lipinski definition) is 0. The topological polar surface area (TPSA) is 0 Å². The molecule has 0 saturated heterocycles. The molecular formula is C20H18. The summed E-state index contributed by atoms with van der Waals surface area (Å²) in [7, 11) is 0. The lowest BCUT2D eigenvalue weighted by Gasteiger charge is -2.09. The molecule has 0 saturated carbocycles. The van der Waals surface area contributed by atoms with Gasteiger partial charge >= 0.3 is 0 Å². The Balaban J connectivity index is 1.76. The maximum absolute atomic E-state index is 2.45. The Kier molecular flexibility index (Phi) is 2.81. The van der Waals surface area contributed by atoms with Gasteiger partial charge in [0.15, 0.2) is 0 Å². The zero-order chi connectivity index (χ0) is 13.4. The molecule has 0 aromatic heterocycles. The fraction of sp³-hybridized carbons (Fsp3) is 0.200. The first kappa shape index (κ1) is 11.7. The van der Waals surface area contributed by atoms with Crippen molar-refractivity contribution in [3.8, 4) is 11.1 Å². The van der Waals surface area contributed by atoms with Crippen LogP contribution in [0.4, 0.5) is 0 Å². The lowest BCUT2D eigenvalue weighted by Crippen LogP contribution is -1.98. The number of hydrogen-bond donors (Lipinski definition) is 0. The maximum atomic E-state index is 2.45. The summed E-state index contributed by atoms with van der Waals surface area (Å²) < 4.78 is 0. The van der Waals surface area contributed by atoms with Gasteiger partial charge < -0.3 is 0 Å². The van der Waals surface area contributed by atoms with Crippen molar-refractivity contribution in [1.82, 2.24) is 0 Å². The van der Waals surface area contributed by atoms with Crippen molar-refractivity contribution in [3.05, 3.63) is 77.4 Å². The van der Waals surface area contributed by atoms with E-state index < -0.39 is 0 Å².